The Morgan fingerprint density at radius 2 is 1.92 bits per heavy atom. The number of hydrogen-bond acceptors (Lipinski definition) is 14. The minimum absolute atomic E-state index is 0. The molecule has 0 bridgehead atoms. The zero-order valence-electron chi connectivity index (χ0n) is 22.0. The molecular weight excluding hydrogens is 573 g/mol. The summed E-state index contributed by atoms with van der Waals surface area (Å²) in [6.45, 7) is 9.23. The van der Waals surface area contributed by atoms with E-state index in [1.54, 1.807) is 0 Å². The van der Waals surface area contributed by atoms with Crippen molar-refractivity contribution in [3.63, 3.8) is 0 Å². The molecule has 0 aliphatic carbocycles. The van der Waals surface area contributed by atoms with Crippen LogP contribution in [0.3, 0.4) is 0 Å². The second kappa shape index (κ2) is 12.8. The van der Waals surface area contributed by atoms with E-state index in [4.69, 9.17) is 15.3 Å². The van der Waals surface area contributed by atoms with Crippen molar-refractivity contribution in [3.05, 3.63) is 11.1 Å². The van der Waals surface area contributed by atoms with Crippen LogP contribution in [-0.4, -0.2) is 91.2 Å². The molecule has 2 amide bonds. The quantitative estimate of drug-likeness (QED) is 0.0628. The van der Waals surface area contributed by atoms with Crippen molar-refractivity contribution in [2.45, 2.75) is 57.2 Å². The molecule has 2 heterocycles. The molecule has 1 saturated heterocycles. The molecule has 0 aromatic carbocycles. The van der Waals surface area contributed by atoms with Crippen molar-refractivity contribution in [1.82, 2.24) is 14.6 Å². The maximum absolute atomic E-state index is 13.0. The fourth-order valence-electron chi connectivity index (χ4n) is 2.84. The van der Waals surface area contributed by atoms with Gasteiger partial charge in [0.05, 0.1) is 13.7 Å². The second-order valence-corrected chi connectivity index (χ2v) is 17.3. The summed E-state index contributed by atoms with van der Waals surface area (Å²) >= 11 is 0.948. The van der Waals surface area contributed by atoms with Gasteiger partial charge in [0.25, 0.3) is 11.8 Å². The van der Waals surface area contributed by atoms with Crippen molar-refractivity contribution in [2.75, 3.05) is 19.5 Å². The summed E-state index contributed by atoms with van der Waals surface area (Å²) < 4.78 is 43.6. The van der Waals surface area contributed by atoms with Gasteiger partial charge in [0.15, 0.2) is 27.2 Å². The Morgan fingerprint density at radius 3 is 2.39 bits per heavy atom. The molecule has 2 atom stereocenters. The molecule has 206 valence electrons. The Labute approximate surface area is 246 Å². The van der Waals surface area contributed by atoms with Crippen LogP contribution in [0.4, 0.5) is 5.13 Å². The zero-order valence-corrected chi connectivity index (χ0v) is 26.6. The molecule has 0 radical (unpaired) electrons. The van der Waals surface area contributed by atoms with Crippen LogP contribution in [0.2, 0.25) is 25.7 Å². The Bertz CT molecular complexity index is 1210. The summed E-state index contributed by atoms with van der Waals surface area (Å²) in [6.07, 6.45) is 0. The van der Waals surface area contributed by atoms with Gasteiger partial charge in [-0.3, -0.25) is 9.59 Å². The zero-order chi connectivity index (χ0) is 28.3. The standard InChI is InChI=1S/C19H29N5O10S2Si.Na/c1-19(2,17(28)33-7-8-37(4,5)6)34-23-11(10-9-35-18(20)21-10)14(25)22-12-13(16(27)32-3)24(15(12)26)36(29,30)31;/h9,12-13H,7-8H2,1-6H3,(H2,20,21)(H,22,25)(H,29,30,31);/q;+1/p-1/b23-11+;/t12-,13-;/m1./s1. The number of aromatic nitrogens is 1. The molecule has 19 heteroatoms. The largest absolute Gasteiger partial charge is 1.00 e. The first kappa shape index (κ1) is 33.9. The third-order valence-corrected chi connectivity index (χ3v) is 8.21. The second-order valence-electron chi connectivity index (χ2n) is 9.57. The average Bonchev–Trinajstić information content (AvgIpc) is 3.18. The van der Waals surface area contributed by atoms with Crippen LogP contribution in [0.1, 0.15) is 19.5 Å². The van der Waals surface area contributed by atoms with Crippen LogP contribution in [0.25, 0.3) is 0 Å². The van der Waals surface area contributed by atoms with E-state index in [0.29, 0.717) is 0 Å². The fourth-order valence-corrected chi connectivity index (χ4v) is 4.92. The number of β-lactam (4-membered cyclic amide) rings is 1. The molecule has 3 N–H and O–H groups in total. The molecule has 0 saturated carbocycles. The average molecular weight is 602 g/mol. The van der Waals surface area contributed by atoms with Gasteiger partial charge in [-0.2, -0.15) is 0 Å². The first-order valence-corrected chi connectivity index (χ1v) is 16.7. The topological polar surface area (TPSA) is 220 Å². The number of amides is 2. The van der Waals surface area contributed by atoms with Crippen LogP contribution in [0.15, 0.2) is 10.5 Å². The Hall–Kier alpha value is -2.09. The van der Waals surface area contributed by atoms with Crippen molar-refractivity contribution >= 4 is 64.3 Å². The van der Waals surface area contributed by atoms with Crippen LogP contribution >= 0.6 is 11.3 Å². The first-order chi connectivity index (χ1) is 16.9. The summed E-state index contributed by atoms with van der Waals surface area (Å²) in [5.41, 5.74) is 3.35. The van der Waals surface area contributed by atoms with Crippen molar-refractivity contribution in [3.8, 4) is 0 Å². The molecule has 0 spiro atoms. The Kier molecular flexibility index (Phi) is 11.5. The van der Waals surface area contributed by atoms with E-state index in [1.165, 1.54) is 19.2 Å². The van der Waals surface area contributed by atoms with Gasteiger partial charge in [-0.1, -0.05) is 24.8 Å². The van der Waals surface area contributed by atoms with Gasteiger partial charge in [0.1, 0.15) is 11.7 Å². The molecule has 1 aromatic rings. The van der Waals surface area contributed by atoms with Gasteiger partial charge in [-0.15, -0.1) is 11.3 Å². The maximum atomic E-state index is 13.0. The van der Waals surface area contributed by atoms with Gasteiger partial charge in [-0.05, 0) is 19.9 Å². The first-order valence-electron chi connectivity index (χ1n) is 10.7. The molecule has 1 fully saturated rings. The smallest absolute Gasteiger partial charge is 0.731 e. The van der Waals surface area contributed by atoms with Gasteiger partial charge >= 0.3 is 41.5 Å². The summed E-state index contributed by atoms with van der Waals surface area (Å²) in [5, 5.41) is 7.25. The number of anilines is 1. The third-order valence-electron chi connectivity index (χ3n) is 4.94. The molecule has 0 unspecified atom stereocenters. The van der Waals surface area contributed by atoms with Gasteiger partial charge in [0, 0.05) is 13.5 Å². The summed E-state index contributed by atoms with van der Waals surface area (Å²) in [6, 6.07) is -2.97. The molecule has 15 nitrogen and oxygen atoms in total. The maximum Gasteiger partial charge on any atom is 1.00 e. The number of methoxy groups -OCH3 is 1. The number of nitrogens with one attached hydrogen (secondary N) is 1. The number of nitrogen functional groups attached to an aromatic ring is 1. The van der Waals surface area contributed by atoms with E-state index >= 15 is 0 Å². The van der Waals surface area contributed by atoms with Crippen LogP contribution in [0.5, 0.6) is 0 Å². The van der Waals surface area contributed by atoms with E-state index < -0.39 is 65.5 Å². The molecular formula is C19H28N5NaO10S2Si. The number of esters is 2. The fraction of sp³-hybridized carbons (Fsp3) is 0.579. The minimum Gasteiger partial charge on any atom is -0.731 e. The number of rotatable bonds is 11. The summed E-state index contributed by atoms with van der Waals surface area (Å²) in [4.78, 5) is 59.1. The molecule has 2 rings (SSSR count). The predicted octanol–water partition coefficient (Wildman–Crippen LogP) is -3.56. The number of ether oxygens (including phenoxy) is 2. The number of oxime groups is 1. The van der Waals surface area contributed by atoms with Crippen molar-refractivity contribution in [1.29, 1.82) is 0 Å². The number of hydrogen-bond donors (Lipinski definition) is 2. The number of carbonyl (C=O) groups excluding carboxylic acids is 4. The SMILES string of the molecule is COC(=O)[C@H]1[C@@H](NC(=O)/C(=N/OC(C)(C)C(=O)OCC[Si](C)(C)C)c2csc(N)n2)C(=O)N1S(=O)(=O)[O-].[Na+]. The van der Waals surface area contributed by atoms with Gasteiger partial charge in [0.2, 0.25) is 5.60 Å². The number of thiazole rings is 1. The molecule has 38 heavy (non-hydrogen) atoms. The number of carbonyl (C=O) groups is 4. The molecule has 1 aliphatic heterocycles. The third kappa shape index (κ3) is 8.45. The summed E-state index contributed by atoms with van der Waals surface area (Å²) in [5.74, 6) is -4.49. The monoisotopic (exact) mass is 601 g/mol. The number of nitrogens with two attached hydrogens (primary N) is 1. The van der Waals surface area contributed by atoms with Crippen LogP contribution in [0, 0.1) is 0 Å². The normalized spacial score (nSPS) is 18.1. The van der Waals surface area contributed by atoms with Crippen LogP contribution in [-0.2, 0) is 43.8 Å². The number of nitrogens with zero attached hydrogens (tertiary/aromatic N) is 3. The van der Waals surface area contributed by atoms with E-state index in [2.05, 4.69) is 39.8 Å². The van der Waals surface area contributed by atoms with E-state index in [1.807, 2.05) is 0 Å². The van der Waals surface area contributed by atoms with E-state index in [0.717, 1.165) is 24.5 Å². The minimum atomic E-state index is -5.36. The van der Waals surface area contributed by atoms with E-state index in [9.17, 15) is 32.1 Å². The predicted molar refractivity (Wildman–Crippen MR) is 132 cm³/mol. The Balaban J connectivity index is 0.00000722. The molecule has 1 aliphatic rings. The van der Waals surface area contributed by atoms with Gasteiger partial charge < -0.3 is 29.9 Å². The summed E-state index contributed by atoms with van der Waals surface area (Å²) in [7, 11) is -5.92. The van der Waals surface area contributed by atoms with Crippen molar-refractivity contribution in [2.24, 2.45) is 5.16 Å². The van der Waals surface area contributed by atoms with Gasteiger partial charge in [-0.25, -0.2) is 27.3 Å². The van der Waals surface area contributed by atoms with Crippen molar-refractivity contribution < 1.29 is 76.0 Å². The van der Waals surface area contributed by atoms with Crippen LogP contribution < -0.4 is 40.6 Å². The molecule has 1 aromatic heterocycles. The Morgan fingerprint density at radius 1 is 1.32 bits per heavy atom. The van der Waals surface area contributed by atoms with E-state index in [-0.39, 0.29) is 51.3 Å².